The van der Waals surface area contributed by atoms with Crippen LogP contribution in [0.1, 0.15) is 57.8 Å². The molecule has 0 aromatic carbocycles. The standard InChI is InChI=1S/C15H26N2O.ClH/c18-15(17-7-3-1-2-4-8-17)11-12-9-13-5-6-14(10-12)16-13;/h12-14,16H,1-11H2;1H. The van der Waals surface area contributed by atoms with E-state index in [4.69, 9.17) is 0 Å². The predicted molar refractivity (Wildman–Crippen MR) is 79.6 cm³/mol. The topological polar surface area (TPSA) is 32.3 Å². The molecule has 2 atom stereocenters. The maximum Gasteiger partial charge on any atom is 0.222 e. The van der Waals surface area contributed by atoms with Gasteiger partial charge in [0.2, 0.25) is 5.91 Å². The minimum atomic E-state index is 0. The highest BCUT2D eigenvalue weighted by molar-refractivity contribution is 5.85. The molecule has 2 bridgehead atoms. The minimum Gasteiger partial charge on any atom is -0.343 e. The zero-order chi connectivity index (χ0) is 12.4. The van der Waals surface area contributed by atoms with Gasteiger partial charge in [-0.25, -0.2) is 0 Å². The van der Waals surface area contributed by atoms with Crippen LogP contribution in [0.2, 0.25) is 0 Å². The Hall–Kier alpha value is -0.280. The molecule has 3 nitrogen and oxygen atoms in total. The van der Waals surface area contributed by atoms with Gasteiger partial charge in [-0.05, 0) is 44.4 Å². The second kappa shape index (κ2) is 6.94. The number of nitrogens with one attached hydrogen (secondary N) is 1. The number of carbonyl (C=O) groups is 1. The number of nitrogens with zero attached hydrogens (tertiary/aromatic N) is 1. The van der Waals surface area contributed by atoms with Crippen LogP contribution in [0.15, 0.2) is 0 Å². The van der Waals surface area contributed by atoms with Crippen LogP contribution in [0, 0.1) is 5.92 Å². The zero-order valence-electron chi connectivity index (χ0n) is 11.8. The summed E-state index contributed by atoms with van der Waals surface area (Å²) in [5.74, 6) is 1.09. The Bertz CT molecular complexity index is 291. The second-order valence-electron chi connectivity index (χ2n) is 6.47. The van der Waals surface area contributed by atoms with Crippen molar-refractivity contribution in [2.75, 3.05) is 13.1 Å². The van der Waals surface area contributed by atoms with Crippen molar-refractivity contribution in [3.05, 3.63) is 0 Å². The average Bonchev–Trinajstić information content (AvgIpc) is 2.59. The first-order valence-corrected chi connectivity index (χ1v) is 7.85. The molecule has 0 saturated carbocycles. The monoisotopic (exact) mass is 286 g/mol. The third-order valence-electron chi connectivity index (χ3n) is 4.99. The third kappa shape index (κ3) is 3.85. The Labute approximate surface area is 122 Å². The summed E-state index contributed by atoms with van der Waals surface area (Å²) < 4.78 is 0. The van der Waals surface area contributed by atoms with Crippen molar-refractivity contribution in [2.45, 2.75) is 69.9 Å². The number of fused-ring (bicyclic) bond motifs is 2. The lowest BCUT2D eigenvalue weighted by Crippen LogP contribution is -2.40. The second-order valence-corrected chi connectivity index (χ2v) is 6.47. The van der Waals surface area contributed by atoms with Crippen LogP contribution in [0.25, 0.3) is 0 Å². The van der Waals surface area contributed by atoms with E-state index in [1.807, 2.05) is 0 Å². The van der Waals surface area contributed by atoms with Crippen LogP contribution < -0.4 is 5.32 Å². The van der Waals surface area contributed by atoms with Gasteiger partial charge in [0.05, 0.1) is 0 Å². The number of rotatable bonds is 2. The number of hydrogen-bond acceptors (Lipinski definition) is 2. The maximum atomic E-state index is 12.4. The third-order valence-corrected chi connectivity index (χ3v) is 4.99. The van der Waals surface area contributed by atoms with Gasteiger partial charge in [-0.15, -0.1) is 12.4 Å². The van der Waals surface area contributed by atoms with Crippen LogP contribution in [-0.2, 0) is 4.79 Å². The number of carbonyl (C=O) groups excluding carboxylic acids is 1. The SMILES string of the molecule is Cl.O=C(CC1CC2CCC(C1)N2)N1CCCCCC1. The van der Waals surface area contributed by atoms with Crippen molar-refractivity contribution in [1.82, 2.24) is 10.2 Å². The first-order chi connectivity index (χ1) is 8.81. The van der Waals surface area contributed by atoms with Gasteiger partial charge in [0.1, 0.15) is 0 Å². The molecule has 0 aliphatic carbocycles. The highest BCUT2D eigenvalue weighted by atomic mass is 35.5. The molecule has 3 saturated heterocycles. The lowest BCUT2D eigenvalue weighted by Gasteiger charge is -2.30. The summed E-state index contributed by atoms with van der Waals surface area (Å²) in [7, 11) is 0. The molecule has 0 radical (unpaired) electrons. The largest absolute Gasteiger partial charge is 0.343 e. The quantitative estimate of drug-likeness (QED) is 0.847. The molecule has 3 aliphatic rings. The first-order valence-electron chi connectivity index (χ1n) is 7.85. The van der Waals surface area contributed by atoms with Gasteiger partial charge in [-0.2, -0.15) is 0 Å². The molecular weight excluding hydrogens is 260 g/mol. The fraction of sp³-hybridized carbons (Fsp3) is 0.933. The molecule has 1 N–H and O–H groups in total. The smallest absolute Gasteiger partial charge is 0.222 e. The maximum absolute atomic E-state index is 12.4. The van der Waals surface area contributed by atoms with Crippen molar-refractivity contribution in [3.8, 4) is 0 Å². The van der Waals surface area contributed by atoms with Gasteiger partial charge < -0.3 is 10.2 Å². The Morgan fingerprint density at radius 2 is 1.58 bits per heavy atom. The van der Waals surface area contributed by atoms with Crippen LogP contribution in [0.5, 0.6) is 0 Å². The van der Waals surface area contributed by atoms with E-state index in [0.717, 1.165) is 19.5 Å². The molecule has 4 heteroatoms. The summed E-state index contributed by atoms with van der Waals surface area (Å²) in [6, 6.07) is 1.43. The molecule has 3 fully saturated rings. The van der Waals surface area contributed by atoms with Crippen LogP contribution in [0.4, 0.5) is 0 Å². The normalized spacial score (nSPS) is 34.5. The molecular formula is C15H27ClN2O. The lowest BCUT2D eigenvalue weighted by molar-refractivity contribution is -0.132. The summed E-state index contributed by atoms with van der Waals surface area (Å²) >= 11 is 0. The van der Waals surface area contributed by atoms with Gasteiger partial charge in [-0.1, -0.05) is 12.8 Å². The number of hydrogen-bond donors (Lipinski definition) is 1. The molecule has 1 amide bonds. The first kappa shape index (κ1) is 15.1. The van der Waals surface area contributed by atoms with Crippen molar-refractivity contribution in [2.24, 2.45) is 5.92 Å². The van der Waals surface area contributed by atoms with E-state index in [0.29, 0.717) is 23.9 Å². The average molecular weight is 287 g/mol. The van der Waals surface area contributed by atoms with Crippen molar-refractivity contribution >= 4 is 18.3 Å². The van der Waals surface area contributed by atoms with Crippen LogP contribution in [-0.4, -0.2) is 36.0 Å². The number of likely N-dealkylation sites (tertiary alicyclic amines) is 1. The van der Waals surface area contributed by atoms with E-state index in [1.165, 1.54) is 51.4 Å². The van der Waals surface area contributed by atoms with Gasteiger partial charge in [0.25, 0.3) is 0 Å². The van der Waals surface area contributed by atoms with Crippen molar-refractivity contribution in [3.63, 3.8) is 0 Å². The highest BCUT2D eigenvalue weighted by Crippen LogP contribution is 2.33. The van der Waals surface area contributed by atoms with E-state index in [1.54, 1.807) is 0 Å². The molecule has 0 aromatic heterocycles. The number of halogens is 1. The van der Waals surface area contributed by atoms with E-state index in [2.05, 4.69) is 10.2 Å². The van der Waals surface area contributed by atoms with Gasteiger partial charge in [0.15, 0.2) is 0 Å². The zero-order valence-corrected chi connectivity index (χ0v) is 12.6. The molecule has 110 valence electrons. The Morgan fingerprint density at radius 1 is 1.00 bits per heavy atom. The molecule has 3 aliphatic heterocycles. The number of amides is 1. The van der Waals surface area contributed by atoms with Crippen LogP contribution >= 0.6 is 12.4 Å². The molecule has 0 aromatic rings. The van der Waals surface area contributed by atoms with E-state index in [-0.39, 0.29) is 12.4 Å². The van der Waals surface area contributed by atoms with E-state index >= 15 is 0 Å². The molecule has 3 rings (SSSR count). The van der Waals surface area contributed by atoms with Gasteiger partial charge in [0, 0.05) is 31.6 Å². The van der Waals surface area contributed by atoms with Crippen molar-refractivity contribution in [1.29, 1.82) is 0 Å². The number of piperidine rings is 1. The Balaban J connectivity index is 0.00000133. The predicted octanol–water partition coefficient (Wildman–Crippen LogP) is 2.73. The molecule has 0 spiro atoms. The molecule has 19 heavy (non-hydrogen) atoms. The lowest BCUT2D eigenvalue weighted by atomic mass is 9.89. The summed E-state index contributed by atoms with van der Waals surface area (Å²) in [5.41, 5.74) is 0. The molecule has 2 unspecified atom stereocenters. The van der Waals surface area contributed by atoms with Crippen LogP contribution in [0.3, 0.4) is 0 Å². The van der Waals surface area contributed by atoms with Gasteiger partial charge >= 0.3 is 0 Å². The summed E-state index contributed by atoms with van der Waals surface area (Å²) in [5, 5.41) is 3.66. The van der Waals surface area contributed by atoms with E-state index < -0.39 is 0 Å². The Kier molecular flexibility index (Phi) is 5.52. The van der Waals surface area contributed by atoms with Gasteiger partial charge in [-0.3, -0.25) is 4.79 Å². The van der Waals surface area contributed by atoms with Crippen molar-refractivity contribution < 1.29 is 4.79 Å². The molecule has 3 heterocycles. The summed E-state index contributed by atoms with van der Waals surface area (Å²) in [4.78, 5) is 14.5. The fourth-order valence-electron chi connectivity index (χ4n) is 4.04. The Morgan fingerprint density at radius 3 is 2.16 bits per heavy atom. The summed E-state index contributed by atoms with van der Waals surface area (Å²) in [6.45, 7) is 2.02. The highest BCUT2D eigenvalue weighted by Gasteiger charge is 2.34. The summed E-state index contributed by atoms with van der Waals surface area (Å²) in [6.07, 6.45) is 11.0. The fourth-order valence-corrected chi connectivity index (χ4v) is 4.04. The van der Waals surface area contributed by atoms with E-state index in [9.17, 15) is 4.79 Å². The minimum absolute atomic E-state index is 0.